The van der Waals surface area contributed by atoms with Gasteiger partial charge in [0.15, 0.2) is 21.8 Å². The van der Waals surface area contributed by atoms with Crippen molar-refractivity contribution in [2.45, 2.75) is 42.9 Å². The van der Waals surface area contributed by atoms with Crippen LogP contribution in [0, 0.1) is 12.8 Å². The van der Waals surface area contributed by atoms with Gasteiger partial charge in [0.2, 0.25) is 5.89 Å². The highest BCUT2D eigenvalue weighted by molar-refractivity contribution is 7.90. The number of amides is 1. The van der Waals surface area contributed by atoms with Crippen LogP contribution in [0.4, 0.5) is 13.2 Å². The maximum absolute atomic E-state index is 13.2. The van der Waals surface area contributed by atoms with Gasteiger partial charge in [-0.2, -0.15) is 18.2 Å². The van der Waals surface area contributed by atoms with Crippen molar-refractivity contribution in [3.8, 4) is 5.75 Å². The van der Waals surface area contributed by atoms with Gasteiger partial charge in [-0.05, 0) is 37.5 Å². The van der Waals surface area contributed by atoms with E-state index in [4.69, 9.17) is 9.26 Å². The number of hydrogen-bond donors (Lipinski definition) is 0. The van der Waals surface area contributed by atoms with Gasteiger partial charge in [-0.1, -0.05) is 5.16 Å². The SMILES string of the molecule is Cc1nc(C23CC2CN(C(=O)c2cc(S(C)(=O)=O)ccc2O[C@H](C)C(F)(F)F)C3)no1. The van der Waals surface area contributed by atoms with Crippen molar-refractivity contribution in [1.29, 1.82) is 0 Å². The van der Waals surface area contributed by atoms with Crippen LogP contribution < -0.4 is 4.74 Å². The molecular weight excluding hydrogens is 439 g/mol. The van der Waals surface area contributed by atoms with Crippen LogP contribution in [-0.2, 0) is 15.3 Å². The average molecular weight is 459 g/mol. The Morgan fingerprint density at radius 2 is 2.10 bits per heavy atom. The lowest BCUT2D eigenvalue weighted by Gasteiger charge is -2.24. The Labute approximate surface area is 176 Å². The Hall–Kier alpha value is -2.63. The third-order valence-corrected chi connectivity index (χ3v) is 6.89. The van der Waals surface area contributed by atoms with Crippen molar-refractivity contribution in [2.75, 3.05) is 19.3 Å². The molecule has 3 atom stereocenters. The van der Waals surface area contributed by atoms with Gasteiger partial charge < -0.3 is 14.2 Å². The summed E-state index contributed by atoms with van der Waals surface area (Å²) in [6, 6.07) is 3.27. The summed E-state index contributed by atoms with van der Waals surface area (Å²) in [6.45, 7) is 3.08. The predicted molar refractivity (Wildman–Crippen MR) is 100 cm³/mol. The summed E-state index contributed by atoms with van der Waals surface area (Å²) >= 11 is 0. The highest BCUT2D eigenvalue weighted by Crippen LogP contribution is 2.58. The normalized spacial score (nSPS) is 24.1. The number of carbonyl (C=O) groups is 1. The number of aryl methyl sites for hydroxylation is 1. The highest BCUT2D eigenvalue weighted by Gasteiger charge is 2.64. The number of carbonyl (C=O) groups excluding carboxylic acids is 1. The second-order valence-electron chi connectivity index (χ2n) is 8.11. The molecule has 2 fully saturated rings. The van der Waals surface area contributed by atoms with Crippen LogP contribution in [0.3, 0.4) is 0 Å². The molecule has 1 aromatic carbocycles. The molecule has 1 aliphatic heterocycles. The monoisotopic (exact) mass is 459 g/mol. The molecule has 0 bridgehead atoms. The van der Waals surface area contributed by atoms with Crippen molar-refractivity contribution in [2.24, 2.45) is 5.92 Å². The Bertz CT molecular complexity index is 1150. The number of ether oxygens (including phenoxy) is 1. The first kappa shape index (κ1) is 21.6. The Morgan fingerprint density at radius 3 is 2.68 bits per heavy atom. The maximum atomic E-state index is 13.2. The summed E-state index contributed by atoms with van der Waals surface area (Å²) in [5.41, 5.74) is -0.679. The molecule has 1 aliphatic carbocycles. The van der Waals surface area contributed by atoms with E-state index in [9.17, 15) is 26.4 Å². The van der Waals surface area contributed by atoms with Crippen LogP contribution in [0.5, 0.6) is 5.75 Å². The standard InChI is InChI=1S/C19H20F3N3O5S/c1-10(19(20,21)22)29-15-5-4-13(31(3,27)28)6-14(15)16(26)25-8-12-7-18(12,9-25)17-23-11(2)30-24-17/h4-6,10,12H,7-9H2,1-3H3/t10-,12?,18?/m1/s1. The van der Waals surface area contributed by atoms with Gasteiger partial charge in [-0.25, -0.2) is 8.42 Å². The summed E-state index contributed by atoms with van der Waals surface area (Å²) in [6.07, 6.45) is -5.10. The van der Waals surface area contributed by atoms with Crippen LogP contribution in [0.15, 0.2) is 27.6 Å². The number of aromatic nitrogens is 2. The number of benzene rings is 1. The summed E-state index contributed by atoms with van der Waals surface area (Å²) in [7, 11) is -3.69. The molecule has 2 heterocycles. The fourth-order valence-electron chi connectivity index (χ4n) is 3.92. The zero-order chi connectivity index (χ0) is 22.8. The average Bonchev–Trinajstić information content (AvgIpc) is 2.99. The molecule has 2 aromatic rings. The van der Waals surface area contributed by atoms with E-state index in [1.54, 1.807) is 6.92 Å². The van der Waals surface area contributed by atoms with Crippen molar-refractivity contribution < 1.29 is 35.6 Å². The van der Waals surface area contributed by atoms with Gasteiger partial charge in [0.25, 0.3) is 5.91 Å². The Kier molecular flexibility index (Phi) is 4.83. The molecule has 31 heavy (non-hydrogen) atoms. The lowest BCUT2D eigenvalue weighted by molar-refractivity contribution is -0.189. The summed E-state index contributed by atoms with van der Waals surface area (Å²) in [5.74, 6) is 0.0637. The topological polar surface area (TPSA) is 103 Å². The van der Waals surface area contributed by atoms with Gasteiger partial charge in [0.1, 0.15) is 5.75 Å². The number of hydrogen-bond acceptors (Lipinski definition) is 7. The zero-order valence-electron chi connectivity index (χ0n) is 16.9. The number of halogens is 3. The third-order valence-electron chi connectivity index (χ3n) is 5.78. The molecule has 0 N–H and O–H groups in total. The van der Waals surface area contributed by atoms with Gasteiger partial charge in [-0.3, -0.25) is 4.79 Å². The molecule has 1 saturated carbocycles. The summed E-state index contributed by atoms with van der Waals surface area (Å²) in [4.78, 5) is 18.8. The number of alkyl halides is 3. The number of fused-ring (bicyclic) bond motifs is 1. The number of likely N-dealkylation sites (tertiary alicyclic amines) is 1. The van der Waals surface area contributed by atoms with E-state index < -0.39 is 33.4 Å². The minimum absolute atomic E-state index is 0.102. The van der Waals surface area contributed by atoms with E-state index in [1.807, 2.05) is 0 Å². The lowest BCUT2D eigenvalue weighted by atomic mass is 10.1. The van der Waals surface area contributed by atoms with Crippen molar-refractivity contribution in [3.63, 3.8) is 0 Å². The Morgan fingerprint density at radius 1 is 1.39 bits per heavy atom. The molecule has 4 rings (SSSR count). The van der Waals surface area contributed by atoms with E-state index in [1.165, 1.54) is 4.90 Å². The molecule has 2 aliphatic rings. The van der Waals surface area contributed by atoms with Gasteiger partial charge >= 0.3 is 6.18 Å². The van der Waals surface area contributed by atoms with Crippen LogP contribution in [0.1, 0.15) is 35.4 Å². The van der Waals surface area contributed by atoms with E-state index in [0.717, 1.165) is 37.8 Å². The van der Waals surface area contributed by atoms with Gasteiger partial charge in [-0.15, -0.1) is 0 Å². The molecule has 0 spiro atoms. The minimum atomic E-state index is -4.65. The number of rotatable bonds is 5. The lowest BCUT2D eigenvalue weighted by Crippen LogP contribution is -2.35. The Balaban J connectivity index is 1.65. The smallest absolute Gasteiger partial charge is 0.425 e. The van der Waals surface area contributed by atoms with Gasteiger partial charge in [0.05, 0.1) is 15.9 Å². The fourth-order valence-corrected chi connectivity index (χ4v) is 4.57. The van der Waals surface area contributed by atoms with E-state index in [2.05, 4.69) is 10.1 Å². The molecule has 8 nitrogen and oxygen atoms in total. The van der Waals surface area contributed by atoms with E-state index in [0.29, 0.717) is 18.3 Å². The molecule has 168 valence electrons. The molecular formula is C19H20F3N3O5S. The van der Waals surface area contributed by atoms with Crippen LogP contribution in [-0.4, -0.2) is 61.0 Å². The van der Waals surface area contributed by atoms with Crippen molar-refractivity contribution >= 4 is 15.7 Å². The predicted octanol–water partition coefficient (Wildman–Crippen LogP) is 2.52. The number of sulfone groups is 1. The highest BCUT2D eigenvalue weighted by atomic mass is 32.2. The summed E-state index contributed by atoms with van der Waals surface area (Å²) in [5, 5.41) is 3.96. The van der Waals surface area contributed by atoms with E-state index >= 15 is 0 Å². The molecule has 12 heteroatoms. The third kappa shape index (κ3) is 3.88. The van der Waals surface area contributed by atoms with Crippen LogP contribution in [0.25, 0.3) is 0 Å². The quantitative estimate of drug-likeness (QED) is 0.677. The van der Waals surface area contributed by atoms with Crippen molar-refractivity contribution in [1.82, 2.24) is 15.0 Å². The molecule has 1 aromatic heterocycles. The van der Waals surface area contributed by atoms with E-state index in [-0.39, 0.29) is 28.7 Å². The van der Waals surface area contributed by atoms with Crippen LogP contribution >= 0.6 is 0 Å². The molecule has 1 amide bonds. The minimum Gasteiger partial charge on any atom is -0.480 e. The summed E-state index contributed by atoms with van der Waals surface area (Å²) < 4.78 is 72.9. The number of nitrogens with zero attached hydrogens (tertiary/aromatic N) is 3. The maximum Gasteiger partial charge on any atom is 0.425 e. The molecule has 1 saturated heterocycles. The first-order chi connectivity index (χ1) is 14.3. The van der Waals surface area contributed by atoms with Gasteiger partial charge in [0, 0.05) is 26.3 Å². The fraction of sp³-hybridized carbons (Fsp3) is 0.526. The molecule has 2 unspecified atom stereocenters. The zero-order valence-corrected chi connectivity index (χ0v) is 17.7. The first-order valence-corrected chi connectivity index (χ1v) is 11.4. The second-order valence-corrected chi connectivity index (χ2v) is 10.1. The number of piperidine rings is 1. The largest absolute Gasteiger partial charge is 0.480 e. The molecule has 0 radical (unpaired) electrons. The first-order valence-electron chi connectivity index (χ1n) is 9.49. The van der Waals surface area contributed by atoms with Crippen molar-refractivity contribution in [3.05, 3.63) is 35.5 Å². The van der Waals surface area contributed by atoms with Crippen LogP contribution in [0.2, 0.25) is 0 Å². The second kappa shape index (κ2) is 6.94.